The van der Waals surface area contributed by atoms with E-state index in [0.717, 1.165) is 35.2 Å². The van der Waals surface area contributed by atoms with E-state index in [1.54, 1.807) is 0 Å². The molecule has 6 aromatic rings. The molecule has 3 aromatic carbocycles. The molecular formula is C40H44N6O4. The molecule has 2 atom stereocenters. The number of para-hydroxylation sites is 3. The molecule has 10 heteroatoms. The third-order valence-electron chi connectivity index (χ3n) is 8.97. The summed E-state index contributed by atoms with van der Waals surface area (Å²) in [6, 6.07) is 26.9. The van der Waals surface area contributed by atoms with Crippen LogP contribution < -0.4 is 16.0 Å². The van der Waals surface area contributed by atoms with Crippen molar-refractivity contribution >= 4 is 56.3 Å². The van der Waals surface area contributed by atoms with E-state index in [0.29, 0.717) is 5.92 Å². The van der Waals surface area contributed by atoms with Crippen LogP contribution in [0.1, 0.15) is 60.3 Å². The van der Waals surface area contributed by atoms with Crippen molar-refractivity contribution < 1.29 is 19.2 Å². The number of amides is 4. The third-order valence-corrected chi connectivity index (χ3v) is 8.97. The van der Waals surface area contributed by atoms with E-state index in [4.69, 9.17) is 0 Å². The van der Waals surface area contributed by atoms with Crippen molar-refractivity contribution in [2.75, 3.05) is 13.1 Å². The van der Waals surface area contributed by atoms with Crippen molar-refractivity contribution in [1.29, 1.82) is 0 Å². The topological polar surface area (TPSA) is 152 Å². The van der Waals surface area contributed by atoms with E-state index in [2.05, 4.69) is 88.0 Å². The van der Waals surface area contributed by atoms with Gasteiger partial charge >= 0.3 is 0 Å². The molecule has 2 fully saturated rings. The van der Waals surface area contributed by atoms with E-state index in [1.165, 1.54) is 57.3 Å². The molecule has 3 aromatic heterocycles. The lowest BCUT2D eigenvalue weighted by atomic mass is 9.95. The van der Waals surface area contributed by atoms with Crippen molar-refractivity contribution in [3.05, 3.63) is 119 Å². The van der Waals surface area contributed by atoms with E-state index >= 15 is 0 Å². The van der Waals surface area contributed by atoms with Gasteiger partial charge < -0.3 is 20.3 Å². The number of nitrogens with one attached hydrogen (secondary N) is 6. The summed E-state index contributed by atoms with van der Waals surface area (Å²) in [5, 5.41) is 11.5. The maximum absolute atomic E-state index is 11.7. The monoisotopic (exact) mass is 672 g/mol. The lowest BCUT2D eigenvalue weighted by Gasteiger charge is -2.08. The first kappa shape index (κ1) is 35.6. The number of benzene rings is 3. The largest absolute Gasteiger partial charge is 0.359 e. The first-order valence-corrected chi connectivity index (χ1v) is 16.4. The van der Waals surface area contributed by atoms with Crippen LogP contribution in [0.15, 0.2) is 91.0 Å². The second-order valence-electron chi connectivity index (χ2n) is 12.5. The molecule has 3 aliphatic rings. The van der Waals surface area contributed by atoms with Crippen molar-refractivity contribution in [3.8, 4) is 0 Å². The van der Waals surface area contributed by atoms with E-state index < -0.39 is 0 Å². The minimum Gasteiger partial charge on any atom is -0.359 e. The Balaban J connectivity index is 0.000000135. The number of hydrogen-bond acceptors (Lipinski definition) is 5. The molecule has 9 rings (SSSR count). The Hall–Kier alpha value is -5.74. The quantitative estimate of drug-likeness (QED) is 0.117. The number of hydrogen-bond donors (Lipinski definition) is 6. The first-order chi connectivity index (χ1) is 23.7. The van der Waals surface area contributed by atoms with Crippen LogP contribution >= 0.6 is 0 Å². The summed E-state index contributed by atoms with van der Waals surface area (Å²) in [5.41, 5.74) is 9.50. The Morgan fingerprint density at radius 2 is 1.20 bits per heavy atom. The average Bonchev–Trinajstić information content (AvgIpc) is 3.93. The Morgan fingerprint density at radius 3 is 1.72 bits per heavy atom. The van der Waals surface area contributed by atoms with Gasteiger partial charge in [0.15, 0.2) is 0 Å². The summed E-state index contributed by atoms with van der Waals surface area (Å²) in [7, 11) is 0. The van der Waals surface area contributed by atoms with Gasteiger partial charge in [0.1, 0.15) is 0 Å². The Bertz CT molecular complexity index is 2150. The summed E-state index contributed by atoms with van der Waals surface area (Å²) in [5.74, 6) is -0.692. The molecule has 4 amide bonds. The molecule has 0 bridgehead atoms. The van der Waals surface area contributed by atoms with Crippen LogP contribution in [-0.4, -0.2) is 51.7 Å². The van der Waals surface area contributed by atoms with Gasteiger partial charge in [0.05, 0.1) is 5.92 Å². The standard InChI is InChI=1S/C13H12N2O2.C13H16N2.C9H9N.C4H3NO2.CH4/c1-7-12(9-6-11(16)15-13(9)17)8-4-2-3-5-10(8)14-7;1-9-13(10-6-7-14-8-10)11-4-2-3-5-12(11)15-9;1-7-6-8-4-2-3-5-9(8)10-7;6-3-1-2-4(7)5-3;/h2-5,9,14H,6H2,1H3,(H,15,16,17);2-5,10,14-15H,6-8H2,1H3;2-6,10H,1H3;1-2H,(H,5,6,7);1H4. The van der Waals surface area contributed by atoms with Gasteiger partial charge in [-0.05, 0) is 80.4 Å². The molecule has 3 aliphatic heterocycles. The lowest BCUT2D eigenvalue weighted by molar-refractivity contribution is -0.126. The van der Waals surface area contributed by atoms with Crippen LogP contribution in [0.25, 0.3) is 32.7 Å². The Morgan fingerprint density at radius 1 is 0.640 bits per heavy atom. The lowest BCUT2D eigenvalue weighted by Crippen LogP contribution is -2.21. The van der Waals surface area contributed by atoms with Crippen LogP contribution in [0.3, 0.4) is 0 Å². The molecule has 258 valence electrons. The molecule has 6 N–H and O–H groups in total. The van der Waals surface area contributed by atoms with Crippen molar-refractivity contribution in [2.45, 2.75) is 52.9 Å². The highest BCUT2D eigenvalue weighted by Crippen LogP contribution is 2.34. The van der Waals surface area contributed by atoms with Gasteiger partial charge in [0.2, 0.25) is 11.8 Å². The molecule has 2 unspecified atom stereocenters. The zero-order valence-electron chi connectivity index (χ0n) is 27.8. The highest BCUT2D eigenvalue weighted by molar-refractivity contribution is 6.12. The second kappa shape index (κ2) is 15.7. The summed E-state index contributed by atoms with van der Waals surface area (Å²) >= 11 is 0. The minimum absolute atomic E-state index is 0. The number of aryl methyl sites for hydroxylation is 3. The SMILES string of the molecule is C.Cc1[nH]c2ccccc2c1C1CC(=O)NC1=O.Cc1[nH]c2ccccc2c1C1CCNC1.Cc1cc2ccccc2[nH]1.O=C1C=CC(=O)N1. The normalized spacial score (nSPS) is 17.7. The van der Waals surface area contributed by atoms with Crippen LogP contribution in [-0.2, 0) is 19.2 Å². The van der Waals surface area contributed by atoms with Crippen molar-refractivity contribution in [1.82, 2.24) is 30.9 Å². The molecule has 0 aliphatic carbocycles. The number of carbonyl (C=O) groups excluding carboxylic acids is 4. The molecule has 2 saturated heterocycles. The van der Waals surface area contributed by atoms with Gasteiger partial charge in [0, 0.05) is 69.5 Å². The minimum atomic E-state index is -0.348. The van der Waals surface area contributed by atoms with E-state index in [9.17, 15) is 19.2 Å². The maximum atomic E-state index is 11.7. The van der Waals surface area contributed by atoms with Gasteiger partial charge in [-0.15, -0.1) is 0 Å². The molecule has 10 nitrogen and oxygen atoms in total. The molecule has 50 heavy (non-hydrogen) atoms. The van der Waals surface area contributed by atoms with Crippen LogP contribution in [0.5, 0.6) is 0 Å². The van der Waals surface area contributed by atoms with E-state index in [-0.39, 0.29) is 43.4 Å². The summed E-state index contributed by atoms with van der Waals surface area (Å²) in [4.78, 5) is 53.0. The van der Waals surface area contributed by atoms with Gasteiger partial charge in [-0.1, -0.05) is 62.0 Å². The number of carbonyl (C=O) groups is 4. The Kier molecular flexibility index (Phi) is 11.1. The van der Waals surface area contributed by atoms with Gasteiger partial charge in [-0.3, -0.25) is 29.8 Å². The summed E-state index contributed by atoms with van der Waals surface area (Å²) in [6.45, 7) is 8.48. The van der Waals surface area contributed by atoms with Crippen LogP contribution in [0.2, 0.25) is 0 Å². The number of rotatable bonds is 2. The van der Waals surface area contributed by atoms with Crippen LogP contribution in [0, 0.1) is 20.8 Å². The number of fused-ring (bicyclic) bond motifs is 3. The molecular weight excluding hydrogens is 628 g/mol. The molecule has 0 saturated carbocycles. The molecule has 0 radical (unpaired) electrons. The fraction of sp³-hybridized carbons (Fsp3) is 0.250. The number of aromatic amines is 3. The maximum Gasteiger partial charge on any atom is 0.250 e. The number of H-pyrrole nitrogens is 3. The highest BCUT2D eigenvalue weighted by atomic mass is 16.2. The van der Waals surface area contributed by atoms with Gasteiger partial charge in [0.25, 0.3) is 11.8 Å². The smallest absolute Gasteiger partial charge is 0.250 e. The third kappa shape index (κ3) is 7.93. The fourth-order valence-corrected chi connectivity index (χ4v) is 6.83. The predicted molar refractivity (Wildman–Crippen MR) is 199 cm³/mol. The summed E-state index contributed by atoms with van der Waals surface area (Å²) in [6.07, 6.45) is 3.91. The first-order valence-electron chi connectivity index (χ1n) is 16.4. The molecule has 6 heterocycles. The average molecular weight is 673 g/mol. The fourth-order valence-electron chi connectivity index (χ4n) is 6.83. The Labute approximate surface area is 291 Å². The van der Waals surface area contributed by atoms with Gasteiger partial charge in [-0.25, -0.2) is 0 Å². The zero-order valence-corrected chi connectivity index (χ0v) is 27.8. The van der Waals surface area contributed by atoms with E-state index in [1.807, 2.05) is 42.6 Å². The number of aromatic nitrogens is 3. The molecule has 0 spiro atoms. The summed E-state index contributed by atoms with van der Waals surface area (Å²) < 4.78 is 0. The van der Waals surface area contributed by atoms with Crippen molar-refractivity contribution in [3.63, 3.8) is 0 Å². The highest BCUT2D eigenvalue weighted by Gasteiger charge is 2.34. The zero-order chi connectivity index (χ0) is 34.5. The van der Waals surface area contributed by atoms with Crippen LogP contribution in [0.4, 0.5) is 0 Å². The predicted octanol–water partition coefficient (Wildman–Crippen LogP) is 6.47. The second-order valence-corrected chi connectivity index (χ2v) is 12.5. The van der Waals surface area contributed by atoms with Crippen molar-refractivity contribution in [2.24, 2.45) is 0 Å². The number of imide groups is 2. The van der Waals surface area contributed by atoms with Gasteiger partial charge in [-0.2, -0.15) is 0 Å².